The summed E-state index contributed by atoms with van der Waals surface area (Å²) in [6.45, 7) is 2.60. The van der Waals surface area contributed by atoms with Crippen LogP contribution in [0.2, 0.25) is 0 Å². The quantitative estimate of drug-likeness (QED) is 0.370. The van der Waals surface area contributed by atoms with Crippen LogP contribution in [0.1, 0.15) is 12.5 Å². The number of anilines is 3. The number of carbonyl (C=O) groups excluding carboxylic acids is 1. The van der Waals surface area contributed by atoms with Crippen molar-refractivity contribution in [3.8, 4) is 22.5 Å². The van der Waals surface area contributed by atoms with Gasteiger partial charge in [-0.05, 0) is 55.0 Å². The Kier molecular flexibility index (Phi) is 6.17. The Morgan fingerprint density at radius 2 is 1.79 bits per heavy atom. The molecule has 0 aliphatic heterocycles. The molecular formula is C23H20F3N7O. The molecule has 174 valence electrons. The summed E-state index contributed by atoms with van der Waals surface area (Å²) in [6.07, 6.45) is -1.02. The standard InChI is InChI=1S/C23H20F3N7O/c1-2-33-13-18(20(32-33)19-10-11-28-21(27)31-19)14-4-3-5-17(12-14)30-22(34)29-16-8-6-15(7-9-16)23(24,25)26/h3-13H,2H2,1H3,(H2,27,28,31)(H2,29,30,34). The van der Waals surface area contributed by atoms with Gasteiger partial charge >= 0.3 is 12.2 Å². The van der Waals surface area contributed by atoms with Crippen LogP contribution >= 0.6 is 0 Å². The van der Waals surface area contributed by atoms with E-state index in [4.69, 9.17) is 5.73 Å². The second kappa shape index (κ2) is 9.22. The van der Waals surface area contributed by atoms with Gasteiger partial charge in [-0.3, -0.25) is 4.68 Å². The van der Waals surface area contributed by atoms with Crippen LogP contribution in [0, 0.1) is 0 Å². The zero-order valence-electron chi connectivity index (χ0n) is 18.0. The van der Waals surface area contributed by atoms with Crippen molar-refractivity contribution in [3.05, 3.63) is 72.6 Å². The van der Waals surface area contributed by atoms with E-state index in [0.717, 1.165) is 23.3 Å². The number of nitrogens with zero attached hydrogens (tertiary/aromatic N) is 4. The molecule has 4 aromatic rings. The molecule has 2 aromatic carbocycles. The highest BCUT2D eigenvalue weighted by atomic mass is 19.4. The zero-order valence-corrected chi connectivity index (χ0v) is 18.0. The van der Waals surface area contributed by atoms with Crippen LogP contribution in [-0.2, 0) is 12.7 Å². The van der Waals surface area contributed by atoms with E-state index in [2.05, 4.69) is 25.7 Å². The monoisotopic (exact) mass is 467 g/mol. The van der Waals surface area contributed by atoms with Gasteiger partial charge in [-0.1, -0.05) is 12.1 Å². The first-order chi connectivity index (χ1) is 16.2. The van der Waals surface area contributed by atoms with E-state index in [1.54, 1.807) is 35.1 Å². The highest BCUT2D eigenvalue weighted by Crippen LogP contribution is 2.32. The predicted octanol–water partition coefficient (Wildman–Crippen LogP) is 5.27. The molecule has 2 amide bonds. The van der Waals surface area contributed by atoms with E-state index in [0.29, 0.717) is 23.6 Å². The van der Waals surface area contributed by atoms with Crippen LogP contribution in [0.15, 0.2) is 67.0 Å². The van der Waals surface area contributed by atoms with Gasteiger partial charge in [-0.2, -0.15) is 18.3 Å². The van der Waals surface area contributed by atoms with E-state index in [-0.39, 0.29) is 11.6 Å². The van der Waals surface area contributed by atoms with E-state index in [1.165, 1.54) is 12.1 Å². The summed E-state index contributed by atoms with van der Waals surface area (Å²) < 4.78 is 39.9. The van der Waals surface area contributed by atoms with Gasteiger partial charge < -0.3 is 16.4 Å². The van der Waals surface area contributed by atoms with Gasteiger partial charge in [0.15, 0.2) is 0 Å². The first kappa shape index (κ1) is 22.8. The Hall–Kier alpha value is -4.41. The van der Waals surface area contributed by atoms with Gasteiger partial charge in [-0.25, -0.2) is 14.8 Å². The Bertz CT molecular complexity index is 1320. The van der Waals surface area contributed by atoms with Gasteiger partial charge in [0.25, 0.3) is 0 Å². The van der Waals surface area contributed by atoms with E-state index < -0.39 is 17.8 Å². The number of rotatable bonds is 5. The normalized spacial score (nSPS) is 11.3. The van der Waals surface area contributed by atoms with Crippen LogP contribution in [-0.4, -0.2) is 25.8 Å². The number of urea groups is 1. The number of benzene rings is 2. The van der Waals surface area contributed by atoms with Crippen LogP contribution in [0.5, 0.6) is 0 Å². The van der Waals surface area contributed by atoms with Crippen molar-refractivity contribution in [1.29, 1.82) is 0 Å². The average Bonchev–Trinajstić information content (AvgIpc) is 3.24. The Morgan fingerprint density at radius 3 is 2.47 bits per heavy atom. The van der Waals surface area contributed by atoms with Gasteiger partial charge in [0.1, 0.15) is 5.69 Å². The van der Waals surface area contributed by atoms with E-state index in [9.17, 15) is 18.0 Å². The largest absolute Gasteiger partial charge is 0.416 e. The van der Waals surface area contributed by atoms with Gasteiger partial charge in [0, 0.05) is 35.9 Å². The highest BCUT2D eigenvalue weighted by molar-refractivity contribution is 6.00. The molecule has 0 bridgehead atoms. The molecule has 11 heteroatoms. The summed E-state index contributed by atoms with van der Waals surface area (Å²) in [7, 11) is 0. The van der Waals surface area contributed by atoms with Crippen molar-refractivity contribution in [2.75, 3.05) is 16.4 Å². The van der Waals surface area contributed by atoms with Crippen molar-refractivity contribution >= 4 is 23.4 Å². The molecule has 0 unspecified atom stereocenters. The molecule has 0 atom stereocenters. The highest BCUT2D eigenvalue weighted by Gasteiger charge is 2.30. The van der Waals surface area contributed by atoms with Crippen molar-refractivity contribution in [2.45, 2.75) is 19.6 Å². The predicted molar refractivity (Wildman–Crippen MR) is 123 cm³/mol. The summed E-state index contributed by atoms with van der Waals surface area (Å²) in [4.78, 5) is 20.6. The molecule has 0 saturated heterocycles. The van der Waals surface area contributed by atoms with Crippen LogP contribution in [0.4, 0.5) is 35.3 Å². The van der Waals surface area contributed by atoms with E-state index in [1.807, 2.05) is 19.2 Å². The lowest BCUT2D eigenvalue weighted by atomic mass is 10.0. The third kappa shape index (κ3) is 5.14. The first-order valence-corrected chi connectivity index (χ1v) is 10.2. The number of amides is 2. The van der Waals surface area contributed by atoms with Crippen LogP contribution in [0.25, 0.3) is 22.5 Å². The molecule has 0 saturated carbocycles. The minimum Gasteiger partial charge on any atom is -0.368 e. The summed E-state index contributed by atoms with van der Waals surface area (Å²) in [5.74, 6) is 0.129. The average molecular weight is 467 g/mol. The second-order valence-electron chi connectivity index (χ2n) is 7.28. The summed E-state index contributed by atoms with van der Waals surface area (Å²) in [5, 5.41) is 9.79. The number of halogens is 3. The Morgan fingerprint density at radius 1 is 1.06 bits per heavy atom. The fourth-order valence-corrected chi connectivity index (χ4v) is 3.29. The lowest BCUT2D eigenvalue weighted by Gasteiger charge is -2.11. The summed E-state index contributed by atoms with van der Waals surface area (Å²) >= 11 is 0. The lowest BCUT2D eigenvalue weighted by Crippen LogP contribution is -2.19. The number of nitrogens with one attached hydrogen (secondary N) is 2. The van der Waals surface area contributed by atoms with Crippen molar-refractivity contribution < 1.29 is 18.0 Å². The smallest absolute Gasteiger partial charge is 0.368 e. The molecule has 2 aromatic heterocycles. The van der Waals surface area contributed by atoms with Gasteiger partial charge in [0.2, 0.25) is 5.95 Å². The molecule has 0 spiro atoms. The molecule has 0 radical (unpaired) electrons. The fourth-order valence-electron chi connectivity index (χ4n) is 3.29. The minimum absolute atomic E-state index is 0.129. The number of aromatic nitrogens is 4. The SMILES string of the molecule is CCn1cc(-c2cccc(NC(=O)Nc3ccc(C(F)(F)F)cc3)c2)c(-c2ccnc(N)n2)n1. The van der Waals surface area contributed by atoms with Crippen LogP contribution < -0.4 is 16.4 Å². The minimum atomic E-state index is -4.44. The summed E-state index contributed by atoms with van der Waals surface area (Å²) in [5.41, 5.74) is 8.39. The Balaban J connectivity index is 1.55. The number of nitrogen functional groups attached to an aromatic ring is 1. The maximum atomic E-state index is 12.7. The topological polar surface area (TPSA) is 111 Å². The number of nitrogens with two attached hydrogens (primary N) is 1. The third-order valence-corrected chi connectivity index (χ3v) is 4.90. The molecule has 34 heavy (non-hydrogen) atoms. The molecular weight excluding hydrogens is 447 g/mol. The molecule has 2 heterocycles. The third-order valence-electron chi connectivity index (χ3n) is 4.90. The first-order valence-electron chi connectivity index (χ1n) is 10.2. The Labute approximate surface area is 192 Å². The molecule has 0 aliphatic rings. The number of hydrogen-bond donors (Lipinski definition) is 3. The number of carbonyl (C=O) groups is 1. The second-order valence-corrected chi connectivity index (χ2v) is 7.28. The number of aryl methyl sites for hydroxylation is 1. The van der Waals surface area contributed by atoms with Crippen molar-refractivity contribution in [3.63, 3.8) is 0 Å². The molecule has 8 nitrogen and oxygen atoms in total. The van der Waals surface area contributed by atoms with Crippen molar-refractivity contribution in [1.82, 2.24) is 19.7 Å². The fraction of sp³-hybridized carbons (Fsp3) is 0.130. The van der Waals surface area contributed by atoms with Crippen LogP contribution in [0.3, 0.4) is 0 Å². The van der Waals surface area contributed by atoms with Crippen molar-refractivity contribution in [2.24, 2.45) is 0 Å². The molecule has 0 aliphatic carbocycles. The molecule has 4 rings (SSSR count). The molecule has 0 fully saturated rings. The number of hydrogen-bond acceptors (Lipinski definition) is 5. The van der Waals surface area contributed by atoms with Gasteiger partial charge in [0.05, 0.1) is 11.3 Å². The van der Waals surface area contributed by atoms with Gasteiger partial charge in [-0.15, -0.1) is 0 Å². The maximum absolute atomic E-state index is 12.7. The van der Waals surface area contributed by atoms with E-state index >= 15 is 0 Å². The maximum Gasteiger partial charge on any atom is 0.416 e. The summed E-state index contributed by atoms with van der Waals surface area (Å²) in [6, 6.07) is 12.4. The lowest BCUT2D eigenvalue weighted by molar-refractivity contribution is -0.137. The molecule has 4 N–H and O–H groups in total. The zero-order chi connectivity index (χ0) is 24.3. The number of alkyl halides is 3.